The molecule has 4 rings (SSSR count). The summed E-state index contributed by atoms with van der Waals surface area (Å²) < 4.78 is 5.53. The maximum Gasteiger partial charge on any atom is 0.277 e. The van der Waals surface area contributed by atoms with Crippen LogP contribution in [0.1, 0.15) is 24.7 Å². The van der Waals surface area contributed by atoms with Crippen LogP contribution in [0, 0.1) is 0 Å². The lowest BCUT2D eigenvalue weighted by molar-refractivity contribution is -0.113. The Morgan fingerprint density at radius 2 is 1.74 bits per heavy atom. The number of amides is 1. The number of nitrogens with one attached hydrogen (secondary N) is 1. The van der Waals surface area contributed by atoms with Gasteiger partial charge in [0.15, 0.2) is 0 Å². The lowest BCUT2D eigenvalue weighted by Gasteiger charge is -2.04. The lowest BCUT2D eigenvalue weighted by atomic mass is 10.3. The highest BCUT2D eigenvalue weighted by molar-refractivity contribution is 7.99. The highest BCUT2D eigenvalue weighted by Crippen LogP contribution is 2.39. The maximum atomic E-state index is 12.1. The minimum Gasteiger partial charge on any atom is -0.416 e. The number of nitrogens with zero attached hydrogens (tertiary/aromatic N) is 4. The number of anilines is 1. The molecule has 2 aromatic carbocycles. The van der Waals surface area contributed by atoms with Gasteiger partial charge in [0.25, 0.3) is 5.22 Å². The van der Waals surface area contributed by atoms with Crippen LogP contribution in [0.15, 0.2) is 74.5 Å². The average molecular weight is 379 g/mol. The lowest BCUT2D eigenvalue weighted by Crippen LogP contribution is -2.13. The molecule has 27 heavy (non-hydrogen) atoms. The van der Waals surface area contributed by atoms with E-state index in [2.05, 4.69) is 25.7 Å². The summed E-state index contributed by atoms with van der Waals surface area (Å²) in [5, 5.41) is 19.6. The van der Waals surface area contributed by atoms with Gasteiger partial charge in [0.05, 0.1) is 17.1 Å². The van der Waals surface area contributed by atoms with Crippen LogP contribution in [0.2, 0.25) is 0 Å². The van der Waals surface area contributed by atoms with Crippen LogP contribution in [-0.4, -0.2) is 21.9 Å². The Labute approximate surface area is 160 Å². The molecule has 1 amide bonds. The van der Waals surface area contributed by atoms with E-state index in [-0.39, 0.29) is 11.7 Å². The second-order valence-corrected chi connectivity index (χ2v) is 7.03. The third kappa shape index (κ3) is 5.01. The number of azo groups is 1. The van der Waals surface area contributed by atoms with Crippen LogP contribution in [0.25, 0.3) is 0 Å². The van der Waals surface area contributed by atoms with E-state index >= 15 is 0 Å². The number of rotatable bonds is 7. The SMILES string of the molecule is O=C(CSc1nnc(C2CC2)o1)Nc1ccc(N=Nc2ccccc2)cc1. The molecule has 1 aliphatic rings. The van der Waals surface area contributed by atoms with Crippen LogP contribution in [0.3, 0.4) is 0 Å². The van der Waals surface area contributed by atoms with Crippen molar-refractivity contribution in [1.82, 2.24) is 10.2 Å². The van der Waals surface area contributed by atoms with Crippen LogP contribution in [0.5, 0.6) is 0 Å². The largest absolute Gasteiger partial charge is 0.416 e. The van der Waals surface area contributed by atoms with E-state index in [4.69, 9.17) is 4.42 Å². The molecule has 0 spiro atoms. The van der Waals surface area contributed by atoms with Crippen LogP contribution < -0.4 is 5.32 Å². The highest BCUT2D eigenvalue weighted by Gasteiger charge is 2.29. The normalized spacial score (nSPS) is 13.8. The fraction of sp³-hybridized carbons (Fsp3) is 0.211. The summed E-state index contributed by atoms with van der Waals surface area (Å²) >= 11 is 1.24. The maximum absolute atomic E-state index is 12.1. The third-order valence-electron chi connectivity index (χ3n) is 3.86. The average Bonchev–Trinajstić information content (AvgIpc) is 3.45. The van der Waals surface area contributed by atoms with Gasteiger partial charge in [-0.05, 0) is 49.2 Å². The second kappa shape index (κ2) is 8.13. The predicted molar refractivity (Wildman–Crippen MR) is 103 cm³/mol. The van der Waals surface area contributed by atoms with Gasteiger partial charge in [0, 0.05) is 11.6 Å². The monoisotopic (exact) mass is 379 g/mol. The zero-order chi connectivity index (χ0) is 18.5. The molecule has 136 valence electrons. The summed E-state index contributed by atoms with van der Waals surface area (Å²) in [5.41, 5.74) is 2.20. The van der Waals surface area contributed by atoms with E-state index < -0.39 is 0 Å². The van der Waals surface area contributed by atoms with Gasteiger partial charge in [-0.3, -0.25) is 4.79 Å². The Morgan fingerprint density at radius 3 is 2.44 bits per heavy atom. The smallest absolute Gasteiger partial charge is 0.277 e. The fourth-order valence-electron chi connectivity index (χ4n) is 2.32. The molecule has 1 fully saturated rings. The first-order valence-electron chi connectivity index (χ1n) is 8.59. The number of thioether (sulfide) groups is 1. The molecule has 1 aliphatic carbocycles. The highest BCUT2D eigenvalue weighted by atomic mass is 32.2. The summed E-state index contributed by atoms with van der Waals surface area (Å²) in [6.07, 6.45) is 2.21. The van der Waals surface area contributed by atoms with Crippen molar-refractivity contribution in [2.75, 3.05) is 11.1 Å². The van der Waals surface area contributed by atoms with Gasteiger partial charge >= 0.3 is 0 Å². The molecule has 7 nitrogen and oxygen atoms in total. The molecule has 0 aliphatic heterocycles. The molecule has 1 N–H and O–H groups in total. The van der Waals surface area contributed by atoms with Crippen molar-refractivity contribution in [2.24, 2.45) is 10.2 Å². The quantitative estimate of drug-likeness (QED) is 0.456. The standard InChI is InChI=1S/C19H17N5O2S/c25-17(12-27-19-24-23-18(26-19)13-6-7-13)20-14-8-10-16(11-9-14)22-21-15-4-2-1-3-5-15/h1-5,8-11,13H,6-7,12H2,(H,20,25). The molecule has 8 heteroatoms. The summed E-state index contributed by atoms with van der Waals surface area (Å²) in [6.45, 7) is 0. The zero-order valence-electron chi connectivity index (χ0n) is 14.4. The topological polar surface area (TPSA) is 92.7 Å². The molecule has 0 atom stereocenters. The van der Waals surface area contributed by atoms with Gasteiger partial charge in [0.2, 0.25) is 11.8 Å². The van der Waals surface area contributed by atoms with Crippen molar-refractivity contribution >= 4 is 34.7 Å². The molecule has 1 aromatic heterocycles. The Balaban J connectivity index is 1.27. The fourth-order valence-corrected chi connectivity index (χ4v) is 2.89. The first-order chi connectivity index (χ1) is 13.3. The van der Waals surface area contributed by atoms with Gasteiger partial charge < -0.3 is 9.73 Å². The van der Waals surface area contributed by atoms with E-state index in [1.807, 2.05) is 30.3 Å². The summed E-state index contributed by atoms with van der Waals surface area (Å²) in [6, 6.07) is 16.7. The summed E-state index contributed by atoms with van der Waals surface area (Å²) in [7, 11) is 0. The van der Waals surface area contributed by atoms with E-state index in [1.165, 1.54) is 11.8 Å². The van der Waals surface area contributed by atoms with Gasteiger partial charge in [-0.15, -0.1) is 10.2 Å². The molecule has 0 bridgehead atoms. The van der Waals surface area contributed by atoms with Crippen molar-refractivity contribution in [3.05, 3.63) is 60.5 Å². The van der Waals surface area contributed by atoms with Crippen molar-refractivity contribution < 1.29 is 9.21 Å². The Hall–Kier alpha value is -3.00. The van der Waals surface area contributed by atoms with E-state index in [0.717, 1.165) is 18.5 Å². The molecule has 0 radical (unpaired) electrons. The van der Waals surface area contributed by atoms with Gasteiger partial charge in [0.1, 0.15) is 0 Å². The van der Waals surface area contributed by atoms with Crippen molar-refractivity contribution in [1.29, 1.82) is 0 Å². The predicted octanol–water partition coefficient (Wildman–Crippen LogP) is 5.09. The van der Waals surface area contributed by atoms with Crippen molar-refractivity contribution in [3.8, 4) is 0 Å². The van der Waals surface area contributed by atoms with Gasteiger partial charge in [-0.2, -0.15) is 10.2 Å². The number of hydrogen-bond donors (Lipinski definition) is 1. The molecule has 1 saturated carbocycles. The second-order valence-electron chi connectivity index (χ2n) is 6.10. The minimum absolute atomic E-state index is 0.134. The number of benzene rings is 2. The molecule has 3 aromatic rings. The van der Waals surface area contributed by atoms with Crippen LogP contribution >= 0.6 is 11.8 Å². The Morgan fingerprint density at radius 1 is 1.04 bits per heavy atom. The molecule has 0 saturated heterocycles. The molecule has 0 unspecified atom stereocenters. The number of hydrogen-bond acceptors (Lipinski definition) is 7. The van der Waals surface area contributed by atoms with Crippen LogP contribution in [0.4, 0.5) is 17.1 Å². The van der Waals surface area contributed by atoms with Crippen molar-refractivity contribution in [2.45, 2.75) is 24.0 Å². The summed E-state index contributed by atoms with van der Waals surface area (Å²) in [5.74, 6) is 1.17. The molecule has 1 heterocycles. The molecular weight excluding hydrogens is 362 g/mol. The van der Waals surface area contributed by atoms with E-state index in [1.54, 1.807) is 24.3 Å². The summed E-state index contributed by atoms with van der Waals surface area (Å²) in [4.78, 5) is 12.1. The number of carbonyl (C=O) groups excluding carboxylic acids is 1. The third-order valence-corrected chi connectivity index (χ3v) is 4.68. The number of carbonyl (C=O) groups is 1. The van der Waals surface area contributed by atoms with Gasteiger partial charge in [-0.25, -0.2) is 0 Å². The first-order valence-corrected chi connectivity index (χ1v) is 9.58. The minimum atomic E-state index is -0.134. The first kappa shape index (κ1) is 17.4. The molecular formula is C19H17N5O2S. The zero-order valence-corrected chi connectivity index (χ0v) is 15.2. The number of aromatic nitrogens is 2. The van der Waals surface area contributed by atoms with Gasteiger partial charge in [-0.1, -0.05) is 30.0 Å². The Kier molecular flexibility index (Phi) is 5.24. The van der Waals surface area contributed by atoms with Crippen molar-refractivity contribution in [3.63, 3.8) is 0 Å². The van der Waals surface area contributed by atoms with Crippen LogP contribution in [-0.2, 0) is 4.79 Å². The Bertz CT molecular complexity index is 936. The van der Waals surface area contributed by atoms with E-state index in [0.29, 0.717) is 28.4 Å². The van der Waals surface area contributed by atoms with E-state index in [9.17, 15) is 4.79 Å².